The number of imidazole rings is 1. The van der Waals surface area contributed by atoms with Crippen LogP contribution >= 0.6 is 12.4 Å². The van der Waals surface area contributed by atoms with Crippen LogP contribution in [0, 0.1) is 11.8 Å². The predicted octanol–water partition coefficient (Wildman–Crippen LogP) is 2.92. The molecular formula is C20H23ClN4O. The van der Waals surface area contributed by atoms with Crippen molar-refractivity contribution in [3.05, 3.63) is 60.4 Å². The highest BCUT2D eigenvalue weighted by molar-refractivity contribution is 5.85. The van der Waals surface area contributed by atoms with Gasteiger partial charge in [-0.3, -0.25) is 9.36 Å². The van der Waals surface area contributed by atoms with Gasteiger partial charge in [0.1, 0.15) is 6.33 Å². The van der Waals surface area contributed by atoms with E-state index in [1.165, 1.54) is 0 Å². The first-order chi connectivity index (χ1) is 12.2. The van der Waals surface area contributed by atoms with E-state index in [1.54, 1.807) is 0 Å². The van der Waals surface area contributed by atoms with Crippen molar-refractivity contribution in [3.8, 4) is 5.69 Å². The maximum absolute atomic E-state index is 12.2. The largest absolute Gasteiger partial charge is 0.352 e. The fourth-order valence-corrected chi connectivity index (χ4v) is 3.17. The Balaban J connectivity index is 0.00000196. The molecule has 6 heteroatoms. The SMILES string of the molecule is CC(C(=O)NCc1ccc(-n2cnc3ccccc32)cc1)C1CNC1.Cl. The van der Waals surface area contributed by atoms with Crippen LogP contribution in [0.15, 0.2) is 54.9 Å². The first kappa shape index (κ1) is 18.4. The van der Waals surface area contributed by atoms with Crippen molar-refractivity contribution in [2.24, 2.45) is 11.8 Å². The standard InChI is InChI=1S/C20H22N4O.ClH/c1-14(16-11-21-12-16)20(25)22-10-15-6-8-17(9-7-15)24-13-23-18-4-2-3-5-19(18)24;/h2-9,13-14,16,21H,10-12H2,1H3,(H,22,25);1H. The maximum atomic E-state index is 12.2. The molecule has 4 rings (SSSR count). The van der Waals surface area contributed by atoms with Crippen molar-refractivity contribution in [2.75, 3.05) is 13.1 Å². The van der Waals surface area contributed by atoms with Gasteiger partial charge < -0.3 is 10.6 Å². The Bertz CT molecular complexity index is 886. The number of hydrogen-bond acceptors (Lipinski definition) is 3. The van der Waals surface area contributed by atoms with E-state index < -0.39 is 0 Å². The highest BCUT2D eigenvalue weighted by atomic mass is 35.5. The average Bonchev–Trinajstić information content (AvgIpc) is 3.02. The van der Waals surface area contributed by atoms with Gasteiger partial charge in [0.05, 0.1) is 11.0 Å². The van der Waals surface area contributed by atoms with Gasteiger partial charge in [-0.2, -0.15) is 0 Å². The van der Waals surface area contributed by atoms with Crippen LogP contribution in [0.4, 0.5) is 0 Å². The molecule has 0 radical (unpaired) electrons. The van der Waals surface area contributed by atoms with E-state index in [4.69, 9.17) is 0 Å². The highest BCUT2D eigenvalue weighted by Crippen LogP contribution is 2.19. The zero-order valence-electron chi connectivity index (χ0n) is 14.7. The fourth-order valence-electron chi connectivity index (χ4n) is 3.17. The van der Waals surface area contributed by atoms with Gasteiger partial charge >= 0.3 is 0 Å². The van der Waals surface area contributed by atoms with E-state index in [0.29, 0.717) is 12.5 Å². The molecule has 1 unspecified atom stereocenters. The van der Waals surface area contributed by atoms with Crippen LogP contribution in [0.1, 0.15) is 12.5 Å². The number of para-hydroxylation sites is 2. The zero-order chi connectivity index (χ0) is 17.2. The summed E-state index contributed by atoms with van der Waals surface area (Å²) < 4.78 is 2.07. The molecule has 1 aliphatic rings. The third kappa shape index (κ3) is 3.59. The van der Waals surface area contributed by atoms with Gasteiger partial charge in [0.15, 0.2) is 0 Å². The van der Waals surface area contributed by atoms with Crippen molar-refractivity contribution in [1.82, 2.24) is 20.2 Å². The summed E-state index contributed by atoms with van der Waals surface area (Å²) in [6, 6.07) is 16.3. The summed E-state index contributed by atoms with van der Waals surface area (Å²) in [7, 11) is 0. The van der Waals surface area contributed by atoms with Crippen LogP contribution < -0.4 is 10.6 Å². The highest BCUT2D eigenvalue weighted by Gasteiger charge is 2.28. The number of carbonyl (C=O) groups excluding carboxylic acids is 1. The Morgan fingerprint density at radius 1 is 1.23 bits per heavy atom. The molecule has 26 heavy (non-hydrogen) atoms. The molecule has 2 heterocycles. The number of hydrogen-bond donors (Lipinski definition) is 2. The minimum atomic E-state index is 0. The summed E-state index contributed by atoms with van der Waals surface area (Å²) in [6.07, 6.45) is 1.84. The van der Waals surface area contributed by atoms with Crippen molar-refractivity contribution in [1.29, 1.82) is 0 Å². The van der Waals surface area contributed by atoms with Gasteiger partial charge in [-0.1, -0.05) is 31.2 Å². The number of halogens is 1. The maximum Gasteiger partial charge on any atom is 0.223 e. The summed E-state index contributed by atoms with van der Waals surface area (Å²) in [5.74, 6) is 0.672. The summed E-state index contributed by atoms with van der Waals surface area (Å²) in [6.45, 7) is 4.46. The minimum Gasteiger partial charge on any atom is -0.352 e. The van der Waals surface area contributed by atoms with Crippen molar-refractivity contribution in [3.63, 3.8) is 0 Å². The number of fused-ring (bicyclic) bond motifs is 1. The van der Waals surface area contributed by atoms with Crippen LogP contribution in [0.2, 0.25) is 0 Å². The van der Waals surface area contributed by atoms with E-state index in [0.717, 1.165) is 35.4 Å². The topological polar surface area (TPSA) is 59.0 Å². The zero-order valence-corrected chi connectivity index (χ0v) is 15.5. The fraction of sp³-hybridized carbons (Fsp3) is 0.300. The second-order valence-corrected chi connectivity index (χ2v) is 6.69. The Morgan fingerprint density at radius 2 is 1.96 bits per heavy atom. The lowest BCUT2D eigenvalue weighted by molar-refractivity contribution is -0.126. The Labute approximate surface area is 159 Å². The summed E-state index contributed by atoms with van der Waals surface area (Å²) in [4.78, 5) is 16.6. The van der Waals surface area contributed by atoms with E-state index in [-0.39, 0.29) is 24.2 Å². The lowest BCUT2D eigenvalue weighted by Gasteiger charge is -2.31. The number of nitrogens with zero attached hydrogens (tertiary/aromatic N) is 2. The lowest BCUT2D eigenvalue weighted by Crippen LogP contribution is -2.49. The molecule has 1 fully saturated rings. The smallest absolute Gasteiger partial charge is 0.223 e. The summed E-state index contributed by atoms with van der Waals surface area (Å²) in [5.41, 5.74) is 4.24. The van der Waals surface area contributed by atoms with Gasteiger partial charge in [0.25, 0.3) is 0 Å². The molecule has 2 N–H and O–H groups in total. The summed E-state index contributed by atoms with van der Waals surface area (Å²) in [5, 5.41) is 6.26. The number of benzene rings is 2. The van der Waals surface area contributed by atoms with E-state index >= 15 is 0 Å². The summed E-state index contributed by atoms with van der Waals surface area (Å²) >= 11 is 0. The second kappa shape index (κ2) is 7.89. The monoisotopic (exact) mass is 370 g/mol. The number of carbonyl (C=O) groups is 1. The molecule has 0 saturated carbocycles. The molecule has 0 spiro atoms. The molecule has 136 valence electrons. The third-order valence-electron chi connectivity index (χ3n) is 5.07. The Hall–Kier alpha value is -2.37. The number of nitrogens with one attached hydrogen (secondary N) is 2. The van der Waals surface area contributed by atoms with Crippen LogP contribution in [-0.2, 0) is 11.3 Å². The van der Waals surface area contributed by atoms with Crippen LogP contribution in [0.5, 0.6) is 0 Å². The molecule has 5 nitrogen and oxygen atoms in total. The molecule has 2 aromatic carbocycles. The van der Waals surface area contributed by atoms with Crippen LogP contribution in [-0.4, -0.2) is 28.5 Å². The minimum absolute atomic E-state index is 0. The molecule has 0 aliphatic carbocycles. The molecule has 1 saturated heterocycles. The van der Waals surface area contributed by atoms with Crippen molar-refractivity contribution in [2.45, 2.75) is 13.5 Å². The average molecular weight is 371 g/mol. The van der Waals surface area contributed by atoms with Gasteiger partial charge in [0.2, 0.25) is 5.91 Å². The van der Waals surface area contributed by atoms with Gasteiger partial charge in [0, 0.05) is 18.2 Å². The quantitative estimate of drug-likeness (QED) is 0.726. The number of amides is 1. The van der Waals surface area contributed by atoms with E-state index in [1.807, 2.05) is 31.5 Å². The third-order valence-corrected chi connectivity index (χ3v) is 5.07. The lowest BCUT2D eigenvalue weighted by atomic mass is 9.88. The molecule has 1 aliphatic heterocycles. The van der Waals surface area contributed by atoms with Crippen molar-refractivity contribution >= 4 is 29.3 Å². The normalized spacial score (nSPS) is 15.1. The van der Waals surface area contributed by atoms with Crippen LogP contribution in [0.3, 0.4) is 0 Å². The van der Waals surface area contributed by atoms with Crippen molar-refractivity contribution < 1.29 is 4.79 Å². The molecular weight excluding hydrogens is 348 g/mol. The molecule has 0 bridgehead atoms. The van der Waals surface area contributed by atoms with Gasteiger partial charge in [-0.25, -0.2) is 4.98 Å². The molecule has 1 amide bonds. The molecule has 1 atom stereocenters. The number of rotatable bonds is 5. The van der Waals surface area contributed by atoms with E-state index in [9.17, 15) is 4.79 Å². The van der Waals surface area contributed by atoms with Gasteiger partial charge in [-0.15, -0.1) is 12.4 Å². The van der Waals surface area contributed by atoms with Crippen LogP contribution in [0.25, 0.3) is 16.7 Å². The Morgan fingerprint density at radius 3 is 2.65 bits per heavy atom. The van der Waals surface area contributed by atoms with E-state index in [2.05, 4.69) is 50.5 Å². The predicted molar refractivity (Wildman–Crippen MR) is 106 cm³/mol. The molecule has 1 aromatic heterocycles. The first-order valence-corrected chi connectivity index (χ1v) is 8.72. The second-order valence-electron chi connectivity index (χ2n) is 6.69. The molecule has 3 aromatic rings. The number of aromatic nitrogens is 2. The first-order valence-electron chi connectivity index (χ1n) is 8.72. The Kier molecular flexibility index (Phi) is 5.59. The van der Waals surface area contributed by atoms with Gasteiger partial charge in [-0.05, 0) is 48.8 Å².